The van der Waals surface area contributed by atoms with Gasteiger partial charge in [0.1, 0.15) is 0 Å². The second-order valence-corrected chi connectivity index (χ2v) is 6.42. The molecule has 0 aromatic carbocycles. The van der Waals surface area contributed by atoms with E-state index in [4.69, 9.17) is 5.73 Å². The highest BCUT2D eigenvalue weighted by atomic mass is 15.1. The van der Waals surface area contributed by atoms with Crippen molar-refractivity contribution in [3.8, 4) is 0 Å². The molecular formula is C12H28N2. The van der Waals surface area contributed by atoms with Gasteiger partial charge in [-0.05, 0) is 37.4 Å². The molecule has 0 aliphatic rings. The Morgan fingerprint density at radius 3 is 1.93 bits per heavy atom. The number of nitrogens with two attached hydrogens (primary N) is 1. The Morgan fingerprint density at radius 2 is 1.57 bits per heavy atom. The maximum atomic E-state index is 5.71. The van der Waals surface area contributed by atoms with Gasteiger partial charge < -0.3 is 10.6 Å². The maximum Gasteiger partial charge on any atom is 0.00417 e. The third-order valence-electron chi connectivity index (χ3n) is 2.49. The highest BCUT2D eigenvalue weighted by Gasteiger charge is 2.19. The van der Waals surface area contributed by atoms with Gasteiger partial charge in [0.15, 0.2) is 0 Å². The van der Waals surface area contributed by atoms with Crippen LogP contribution in [0.1, 0.15) is 41.0 Å². The van der Waals surface area contributed by atoms with Crippen molar-refractivity contribution in [1.29, 1.82) is 0 Å². The van der Waals surface area contributed by atoms with E-state index < -0.39 is 0 Å². The molecule has 86 valence electrons. The van der Waals surface area contributed by atoms with Gasteiger partial charge in [0, 0.05) is 6.54 Å². The molecule has 0 aromatic heterocycles. The molecule has 0 amide bonds. The van der Waals surface area contributed by atoms with E-state index in [-0.39, 0.29) is 5.41 Å². The van der Waals surface area contributed by atoms with E-state index in [0.717, 1.165) is 19.6 Å². The molecule has 2 heteroatoms. The zero-order valence-electron chi connectivity index (χ0n) is 10.9. The minimum absolute atomic E-state index is 0.243. The van der Waals surface area contributed by atoms with Gasteiger partial charge >= 0.3 is 0 Å². The van der Waals surface area contributed by atoms with Gasteiger partial charge in [-0.2, -0.15) is 0 Å². The molecule has 2 N–H and O–H groups in total. The molecule has 0 aliphatic heterocycles. The van der Waals surface area contributed by atoms with Gasteiger partial charge in [0.25, 0.3) is 0 Å². The summed E-state index contributed by atoms with van der Waals surface area (Å²) in [7, 11) is 2.18. The first-order chi connectivity index (χ1) is 6.16. The van der Waals surface area contributed by atoms with Crippen molar-refractivity contribution in [2.45, 2.75) is 41.0 Å². The molecule has 0 aliphatic carbocycles. The number of hydrogen-bond donors (Lipinski definition) is 1. The molecule has 0 aromatic rings. The lowest BCUT2D eigenvalue weighted by Crippen LogP contribution is -2.37. The second-order valence-electron chi connectivity index (χ2n) is 6.42. The first kappa shape index (κ1) is 13.9. The average Bonchev–Trinajstić information content (AvgIpc) is 1.99. The third kappa shape index (κ3) is 7.34. The lowest BCUT2D eigenvalue weighted by atomic mass is 9.90. The lowest BCUT2D eigenvalue weighted by Gasteiger charge is -2.30. The zero-order valence-corrected chi connectivity index (χ0v) is 10.9. The predicted molar refractivity (Wildman–Crippen MR) is 64.4 cm³/mol. The fourth-order valence-corrected chi connectivity index (χ4v) is 1.40. The molecule has 0 radical (unpaired) electrons. The van der Waals surface area contributed by atoms with Crippen LogP contribution >= 0.6 is 0 Å². The SMILES string of the molecule is CN(CCC(C)(C)C)CC(C)(C)CN. The monoisotopic (exact) mass is 200 g/mol. The van der Waals surface area contributed by atoms with Crippen molar-refractivity contribution in [1.82, 2.24) is 4.90 Å². The smallest absolute Gasteiger partial charge is 0.00417 e. The summed E-state index contributed by atoms with van der Waals surface area (Å²) in [4.78, 5) is 2.39. The van der Waals surface area contributed by atoms with E-state index in [2.05, 4.69) is 46.6 Å². The Morgan fingerprint density at radius 1 is 1.07 bits per heavy atom. The van der Waals surface area contributed by atoms with E-state index in [1.807, 2.05) is 0 Å². The van der Waals surface area contributed by atoms with Crippen LogP contribution in [0.2, 0.25) is 0 Å². The molecule has 0 atom stereocenters. The Labute approximate surface area is 89.9 Å². The molecule has 0 heterocycles. The summed E-state index contributed by atoms with van der Waals surface area (Å²) in [6, 6.07) is 0. The number of hydrogen-bond acceptors (Lipinski definition) is 2. The minimum atomic E-state index is 0.243. The molecule has 0 saturated heterocycles. The summed E-state index contributed by atoms with van der Waals surface area (Å²) in [6.07, 6.45) is 1.24. The first-order valence-electron chi connectivity index (χ1n) is 5.55. The Balaban J connectivity index is 3.82. The molecular weight excluding hydrogens is 172 g/mol. The van der Waals surface area contributed by atoms with Gasteiger partial charge in [0.05, 0.1) is 0 Å². The molecule has 14 heavy (non-hydrogen) atoms. The van der Waals surface area contributed by atoms with Gasteiger partial charge in [-0.1, -0.05) is 34.6 Å². The van der Waals surface area contributed by atoms with E-state index in [1.54, 1.807) is 0 Å². The zero-order chi connectivity index (χ0) is 11.4. The van der Waals surface area contributed by atoms with Crippen molar-refractivity contribution >= 4 is 0 Å². The average molecular weight is 200 g/mol. The topological polar surface area (TPSA) is 29.3 Å². The first-order valence-corrected chi connectivity index (χ1v) is 5.55. The van der Waals surface area contributed by atoms with Crippen molar-refractivity contribution < 1.29 is 0 Å². The van der Waals surface area contributed by atoms with E-state index in [9.17, 15) is 0 Å². The maximum absolute atomic E-state index is 5.71. The van der Waals surface area contributed by atoms with Crippen molar-refractivity contribution in [2.75, 3.05) is 26.7 Å². The summed E-state index contributed by atoms with van der Waals surface area (Å²) in [5.74, 6) is 0. The predicted octanol–water partition coefficient (Wildman–Crippen LogP) is 2.34. The van der Waals surface area contributed by atoms with Crippen molar-refractivity contribution in [3.05, 3.63) is 0 Å². The summed E-state index contributed by atoms with van der Waals surface area (Å²) in [5.41, 5.74) is 6.38. The van der Waals surface area contributed by atoms with Gasteiger partial charge in [-0.15, -0.1) is 0 Å². The standard InChI is InChI=1S/C12H28N2/c1-11(2,3)7-8-14(6)10-12(4,5)9-13/h7-10,13H2,1-6H3. The van der Waals surface area contributed by atoms with E-state index in [1.165, 1.54) is 6.42 Å². The van der Waals surface area contributed by atoms with Crippen LogP contribution in [-0.2, 0) is 0 Å². The molecule has 0 spiro atoms. The molecule has 0 unspecified atom stereocenters. The van der Waals surface area contributed by atoms with E-state index >= 15 is 0 Å². The Kier molecular flexibility index (Phi) is 5.10. The van der Waals surface area contributed by atoms with Gasteiger partial charge in [-0.25, -0.2) is 0 Å². The van der Waals surface area contributed by atoms with Crippen LogP contribution in [0.5, 0.6) is 0 Å². The number of nitrogens with zero attached hydrogens (tertiary/aromatic N) is 1. The van der Waals surface area contributed by atoms with Crippen molar-refractivity contribution in [3.63, 3.8) is 0 Å². The van der Waals surface area contributed by atoms with Crippen LogP contribution in [0.4, 0.5) is 0 Å². The van der Waals surface area contributed by atoms with Crippen LogP contribution in [-0.4, -0.2) is 31.6 Å². The summed E-state index contributed by atoms with van der Waals surface area (Å²) in [6.45, 7) is 14.3. The quantitative estimate of drug-likeness (QED) is 0.738. The molecule has 0 rings (SSSR count). The lowest BCUT2D eigenvalue weighted by molar-refractivity contribution is 0.192. The van der Waals surface area contributed by atoms with Gasteiger partial charge in [-0.3, -0.25) is 0 Å². The van der Waals surface area contributed by atoms with Gasteiger partial charge in [0.2, 0.25) is 0 Å². The van der Waals surface area contributed by atoms with Crippen LogP contribution in [0.25, 0.3) is 0 Å². The Hall–Kier alpha value is -0.0800. The fraction of sp³-hybridized carbons (Fsp3) is 1.00. The van der Waals surface area contributed by atoms with Crippen LogP contribution in [0, 0.1) is 10.8 Å². The molecule has 0 saturated carbocycles. The number of rotatable bonds is 5. The van der Waals surface area contributed by atoms with Crippen LogP contribution < -0.4 is 5.73 Å². The summed E-state index contributed by atoms with van der Waals surface area (Å²) < 4.78 is 0. The fourth-order valence-electron chi connectivity index (χ4n) is 1.40. The molecule has 2 nitrogen and oxygen atoms in total. The highest BCUT2D eigenvalue weighted by Crippen LogP contribution is 2.20. The highest BCUT2D eigenvalue weighted by molar-refractivity contribution is 4.74. The Bertz CT molecular complexity index is 156. The van der Waals surface area contributed by atoms with Crippen molar-refractivity contribution in [2.24, 2.45) is 16.6 Å². The molecule has 0 fully saturated rings. The summed E-state index contributed by atoms with van der Waals surface area (Å²) >= 11 is 0. The molecule has 0 bridgehead atoms. The minimum Gasteiger partial charge on any atom is -0.330 e. The summed E-state index contributed by atoms with van der Waals surface area (Å²) in [5, 5.41) is 0. The normalized spacial score (nSPS) is 13.7. The van der Waals surface area contributed by atoms with Crippen LogP contribution in [0.15, 0.2) is 0 Å². The second kappa shape index (κ2) is 5.13. The van der Waals surface area contributed by atoms with E-state index in [0.29, 0.717) is 5.41 Å². The van der Waals surface area contributed by atoms with Crippen LogP contribution in [0.3, 0.4) is 0 Å². The largest absolute Gasteiger partial charge is 0.330 e. The third-order valence-corrected chi connectivity index (χ3v) is 2.49.